The highest BCUT2D eigenvalue weighted by Crippen LogP contribution is 2.31. The molecule has 1 heterocycles. The molecule has 5 heteroatoms. The third kappa shape index (κ3) is 2.70. The van der Waals surface area contributed by atoms with Crippen molar-refractivity contribution in [3.63, 3.8) is 0 Å². The zero-order chi connectivity index (χ0) is 12.6. The van der Waals surface area contributed by atoms with Crippen molar-refractivity contribution in [2.45, 2.75) is 24.8 Å². The van der Waals surface area contributed by atoms with E-state index in [2.05, 4.69) is 0 Å². The van der Waals surface area contributed by atoms with Crippen molar-refractivity contribution < 1.29 is 4.79 Å². The average Bonchev–Trinajstić information content (AvgIpc) is 2.61. The SMILES string of the molecule is CC(c1ccc(Cl)c(Cl)c1)N1CC(Cl)CC1=O. The second-order valence-corrected chi connectivity index (χ2v) is 5.63. The summed E-state index contributed by atoms with van der Waals surface area (Å²) in [5, 5.41) is 0.934. The molecule has 17 heavy (non-hydrogen) atoms. The quantitative estimate of drug-likeness (QED) is 0.757. The number of hydrogen-bond donors (Lipinski definition) is 0. The molecular formula is C12H12Cl3NO. The van der Waals surface area contributed by atoms with Gasteiger partial charge in [0.1, 0.15) is 0 Å². The molecule has 1 aliphatic heterocycles. The van der Waals surface area contributed by atoms with Crippen LogP contribution in [-0.4, -0.2) is 22.7 Å². The van der Waals surface area contributed by atoms with Crippen LogP contribution in [0.4, 0.5) is 0 Å². The molecule has 0 bridgehead atoms. The topological polar surface area (TPSA) is 20.3 Å². The van der Waals surface area contributed by atoms with E-state index in [1.54, 1.807) is 17.0 Å². The summed E-state index contributed by atoms with van der Waals surface area (Å²) >= 11 is 17.8. The Morgan fingerprint density at radius 1 is 1.35 bits per heavy atom. The van der Waals surface area contributed by atoms with E-state index in [4.69, 9.17) is 34.8 Å². The number of likely N-dealkylation sites (tertiary alicyclic amines) is 1. The Morgan fingerprint density at radius 2 is 2.06 bits per heavy atom. The first-order chi connectivity index (χ1) is 7.99. The Bertz CT molecular complexity index is 449. The summed E-state index contributed by atoms with van der Waals surface area (Å²) in [4.78, 5) is 13.5. The van der Waals surface area contributed by atoms with Crippen LogP contribution in [-0.2, 0) is 4.79 Å². The molecule has 1 saturated heterocycles. The molecule has 0 saturated carbocycles. The summed E-state index contributed by atoms with van der Waals surface area (Å²) in [5.41, 5.74) is 0.971. The lowest BCUT2D eigenvalue weighted by Gasteiger charge is -2.25. The van der Waals surface area contributed by atoms with Crippen molar-refractivity contribution in [3.05, 3.63) is 33.8 Å². The standard InChI is InChI=1S/C12H12Cl3NO/c1-7(16-6-9(13)5-12(16)17)8-2-3-10(14)11(15)4-8/h2-4,7,9H,5-6H2,1H3. The van der Waals surface area contributed by atoms with Crippen LogP contribution in [0, 0.1) is 0 Å². The number of alkyl halides is 1. The van der Waals surface area contributed by atoms with Gasteiger partial charge in [-0.05, 0) is 24.6 Å². The minimum atomic E-state index is -0.0901. The van der Waals surface area contributed by atoms with Gasteiger partial charge in [-0.15, -0.1) is 11.6 Å². The Hall–Kier alpha value is -0.440. The van der Waals surface area contributed by atoms with Gasteiger partial charge in [-0.2, -0.15) is 0 Å². The molecule has 1 aliphatic rings. The van der Waals surface area contributed by atoms with E-state index in [-0.39, 0.29) is 17.3 Å². The zero-order valence-corrected chi connectivity index (χ0v) is 11.6. The smallest absolute Gasteiger partial charge is 0.224 e. The molecule has 1 aromatic carbocycles. The van der Waals surface area contributed by atoms with Crippen molar-refractivity contribution in [2.24, 2.45) is 0 Å². The molecule has 0 spiro atoms. The fourth-order valence-electron chi connectivity index (χ4n) is 2.01. The zero-order valence-electron chi connectivity index (χ0n) is 9.29. The lowest BCUT2D eigenvalue weighted by Crippen LogP contribution is -2.28. The number of carbonyl (C=O) groups excluding carboxylic acids is 1. The molecule has 2 rings (SSSR count). The lowest BCUT2D eigenvalue weighted by atomic mass is 10.1. The van der Waals surface area contributed by atoms with E-state index >= 15 is 0 Å². The van der Waals surface area contributed by atoms with E-state index in [1.807, 2.05) is 13.0 Å². The number of halogens is 3. The van der Waals surface area contributed by atoms with E-state index < -0.39 is 0 Å². The molecule has 0 aromatic heterocycles. The number of amides is 1. The first kappa shape index (κ1) is 13.0. The molecular weight excluding hydrogens is 280 g/mol. The molecule has 2 nitrogen and oxygen atoms in total. The Balaban J connectivity index is 2.22. The molecule has 2 unspecified atom stereocenters. The first-order valence-corrected chi connectivity index (χ1v) is 6.56. The van der Waals surface area contributed by atoms with Crippen molar-refractivity contribution in [1.82, 2.24) is 4.90 Å². The number of benzene rings is 1. The van der Waals surface area contributed by atoms with Gasteiger partial charge in [-0.25, -0.2) is 0 Å². The van der Waals surface area contributed by atoms with Crippen molar-refractivity contribution in [2.75, 3.05) is 6.54 Å². The summed E-state index contributed by atoms with van der Waals surface area (Å²) in [7, 11) is 0. The van der Waals surface area contributed by atoms with Crippen LogP contribution in [0.2, 0.25) is 10.0 Å². The normalized spacial score (nSPS) is 22.0. The fraction of sp³-hybridized carbons (Fsp3) is 0.417. The van der Waals surface area contributed by atoms with Gasteiger partial charge in [-0.1, -0.05) is 29.3 Å². The van der Waals surface area contributed by atoms with Crippen LogP contribution in [0.1, 0.15) is 24.9 Å². The molecule has 0 radical (unpaired) electrons. The molecule has 1 fully saturated rings. The van der Waals surface area contributed by atoms with Gasteiger partial charge in [-0.3, -0.25) is 4.79 Å². The van der Waals surface area contributed by atoms with Crippen LogP contribution in [0.3, 0.4) is 0 Å². The van der Waals surface area contributed by atoms with Crippen LogP contribution < -0.4 is 0 Å². The highest BCUT2D eigenvalue weighted by atomic mass is 35.5. The highest BCUT2D eigenvalue weighted by molar-refractivity contribution is 6.42. The van der Waals surface area contributed by atoms with Crippen LogP contribution >= 0.6 is 34.8 Å². The van der Waals surface area contributed by atoms with Gasteiger partial charge >= 0.3 is 0 Å². The monoisotopic (exact) mass is 291 g/mol. The Kier molecular flexibility index (Phi) is 3.86. The molecule has 1 amide bonds. The summed E-state index contributed by atoms with van der Waals surface area (Å²) in [6, 6.07) is 5.40. The third-order valence-corrected chi connectivity index (χ3v) is 4.04. The maximum absolute atomic E-state index is 11.7. The van der Waals surface area contributed by atoms with E-state index in [0.717, 1.165) is 5.56 Å². The van der Waals surface area contributed by atoms with Gasteiger partial charge in [0.25, 0.3) is 0 Å². The number of carbonyl (C=O) groups is 1. The number of rotatable bonds is 2. The summed E-state index contributed by atoms with van der Waals surface area (Å²) in [6.07, 6.45) is 0.410. The van der Waals surface area contributed by atoms with E-state index in [9.17, 15) is 4.79 Å². The van der Waals surface area contributed by atoms with Crippen molar-refractivity contribution in [1.29, 1.82) is 0 Å². The maximum Gasteiger partial charge on any atom is 0.224 e. The maximum atomic E-state index is 11.7. The minimum Gasteiger partial charge on any atom is -0.334 e. The van der Waals surface area contributed by atoms with Crippen molar-refractivity contribution in [3.8, 4) is 0 Å². The van der Waals surface area contributed by atoms with Gasteiger partial charge in [0.2, 0.25) is 5.91 Å². The van der Waals surface area contributed by atoms with Gasteiger partial charge in [0, 0.05) is 13.0 Å². The Morgan fingerprint density at radius 3 is 2.59 bits per heavy atom. The molecule has 2 atom stereocenters. The predicted octanol–water partition coefficient (Wildman–Crippen LogP) is 3.89. The average molecular weight is 293 g/mol. The largest absolute Gasteiger partial charge is 0.334 e. The van der Waals surface area contributed by atoms with E-state index in [0.29, 0.717) is 23.0 Å². The third-order valence-electron chi connectivity index (χ3n) is 3.00. The number of nitrogens with zero attached hydrogens (tertiary/aromatic N) is 1. The summed E-state index contributed by atoms with van der Waals surface area (Å²) in [5.74, 6) is 0.0866. The van der Waals surface area contributed by atoms with Crippen LogP contribution in [0.15, 0.2) is 18.2 Å². The first-order valence-electron chi connectivity index (χ1n) is 5.37. The minimum absolute atomic E-state index is 0.0268. The fourth-order valence-corrected chi connectivity index (χ4v) is 2.60. The molecule has 92 valence electrons. The highest BCUT2D eigenvalue weighted by Gasteiger charge is 2.31. The number of hydrogen-bond acceptors (Lipinski definition) is 1. The summed E-state index contributed by atoms with van der Waals surface area (Å²) in [6.45, 7) is 2.55. The molecule has 0 aliphatic carbocycles. The lowest BCUT2D eigenvalue weighted by molar-refractivity contribution is -0.129. The predicted molar refractivity (Wildman–Crippen MR) is 70.8 cm³/mol. The van der Waals surface area contributed by atoms with E-state index in [1.165, 1.54) is 0 Å². The second kappa shape index (κ2) is 5.05. The van der Waals surface area contributed by atoms with Gasteiger partial charge in [0.05, 0.1) is 21.5 Å². The Labute approximate surface area is 115 Å². The van der Waals surface area contributed by atoms with Crippen LogP contribution in [0.25, 0.3) is 0 Å². The molecule has 0 N–H and O–H groups in total. The van der Waals surface area contributed by atoms with Gasteiger partial charge in [0.15, 0.2) is 0 Å². The summed E-state index contributed by atoms with van der Waals surface area (Å²) < 4.78 is 0. The second-order valence-electron chi connectivity index (χ2n) is 4.20. The van der Waals surface area contributed by atoms with Crippen LogP contribution in [0.5, 0.6) is 0 Å². The molecule has 1 aromatic rings. The van der Waals surface area contributed by atoms with Crippen molar-refractivity contribution >= 4 is 40.7 Å². The van der Waals surface area contributed by atoms with Gasteiger partial charge < -0.3 is 4.90 Å².